The fourth-order valence-electron chi connectivity index (χ4n) is 3.02. The third-order valence-corrected chi connectivity index (χ3v) is 8.24. The molecule has 0 radical (unpaired) electrons. The molecule has 1 aromatic rings. The summed E-state index contributed by atoms with van der Waals surface area (Å²) in [5, 5.41) is 1.92. The lowest BCUT2D eigenvalue weighted by atomic mass is 10.2. The molecule has 2 aliphatic heterocycles. The molecule has 0 aliphatic carbocycles. The number of carbonyl (C=O) groups is 2. The fourth-order valence-corrected chi connectivity index (χ4v) is 6.73. The maximum Gasteiger partial charge on any atom is 0.266 e. The summed E-state index contributed by atoms with van der Waals surface area (Å²) < 4.78 is 23.7. The van der Waals surface area contributed by atoms with Crippen LogP contribution < -0.4 is 0 Å². The number of thiocarbonyl (C=S) groups is 1. The van der Waals surface area contributed by atoms with Crippen molar-refractivity contribution in [3.63, 3.8) is 0 Å². The summed E-state index contributed by atoms with van der Waals surface area (Å²) in [6.45, 7) is 2.06. The zero-order chi connectivity index (χ0) is 18.9. The van der Waals surface area contributed by atoms with Gasteiger partial charge in [-0.2, -0.15) is 0 Å². The quantitative estimate of drug-likeness (QED) is 0.525. The molecule has 0 aromatic carbocycles. The molecule has 10 heteroatoms. The number of likely N-dealkylation sites (N-methyl/N-ethyl adjacent to an activating group) is 1. The number of thioether (sulfide) groups is 1. The lowest BCUT2D eigenvalue weighted by Crippen LogP contribution is -2.47. The standard InChI is InChI=1S/C16H18N2O4S4/c1-2-17(11-5-7-26(21,22)10-11)14(19)9-18-15(20)13(25-16(18)23)8-12-4-3-6-24-12/h3-4,6,8,11H,2,5,7,9-10H2,1H3/b13-8-. The van der Waals surface area contributed by atoms with E-state index >= 15 is 0 Å². The first-order valence-corrected chi connectivity index (χ1v) is 12.0. The molecule has 1 unspecified atom stereocenters. The third-order valence-electron chi connectivity index (χ3n) is 4.29. The lowest BCUT2D eigenvalue weighted by Gasteiger charge is -2.28. The van der Waals surface area contributed by atoms with Crippen molar-refractivity contribution in [2.75, 3.05) is 24.6 Å². The summed E-state index contributed by atoms with van der Waals surface area (Å²) in [5.74, 6) is -0.463. The van der Waals surface area contributed by atoms with Crippen molar-refractivity contribution in [1.82, 2.24) is 9.80 Å². The molecule has 3 rings (SSSR count). The highest BCUT2D eigenvalue weighted by molar-refractivity contribution is 8.26. The SMILES string of the molecule is CCN(C(=O)CN1C(=O)/C(=C/c2cccs2)SC1=S)C1CCS(=O)(=O)C1. The fraction of sp³-hybridized carbons (Fsp3) is 0.438. The van der Waals surface area contributed by atoms with Gasteiger partial charge in [0.1, 0.15) is 10.9 Å². The zero-order valence-electron chi connectivity index (χ0n) is 14.1. The highest BCUT2D eigenvalue weighted by Gasteiger charge is 2.38. The van der Waals surface area contributed by atoms with Crippen molar-refractivity contribution in [1.29, 1.82) is 0 Å². The van der Waals surface area contributed by atoms with Crippen LogP contribution in [0.2, 0.25) is 0 Å². The number of thiophene rings is 1. The monoisotopic (exact) mass is 430 g/mol. The van der Waals surface area contributed by atoms with Crippen LogP contribution in [0.4, 0.5) is 0 Å². The third kappa shape index (κ3) is 4.19. The highest BCUT2D eigenvalue weighted by Crippen LogP contribution is 2.33. The smallest absolute Gasteiger partial charge is 0.266 e. The molecule has 140 valence electrons. The van der Waals surface area contributed by atoms with Gasteiger partial charge >= 0.3 is 0 Å². The van der Waals surface area contributed by atoms with Crippen LogP contribution in [-0.2, 0) is 19.4 Å². The second kappa shape index (κ2) is 7.79. The molecule has 1 atom stereocenters. The van der Waals surface area contributed by atoms with Crippen LogP contribution in [0.1, 0.15) is 18.2 Å². The molecule has 26 heavy (non-hydrogen) atoms. The van der Waals surface area contributed by atoms with E-state index in [0.717, 1.165) is 4.88 Å². The molecule has 1 aromatic heterocycles. The molecule has 3 heterocycles. The van der Waals surface area contributed by atoms with Gasteiger partial charge in [-0.05, 0) is 30.9 Å². The summed E-state index contributed by atoms with van der Waals surface area (Å²) in [4.78, 5) is 29.6. The molecule has 2 amide bonds. The molecule has 0 N–H and O–H groups in total. The average molecular weight is 431 g/mol. The van der Waals surface area contributed by atoms with Crippen LogP contribution in [0, 0.1) is 0 Å². The largest absolute Gasteiger partial charge is 0.337 e. The number of amides is 2. The van der Waals surface area contributed by atoms with Crippen LogP contribution in [0.3, 0.4) is 0 Å². The summed E-state index contributed by atoms with van der Waals surface area (Å²) in [6, 6.07) is 3.48. The first kappa shape index (κ1) is 19.5. The van der Waals surface area contributed by atoms with E-state index in [1.54, 1.807) is 11.0 Å². The lowest BCUT2D eigenvalue weighted by molar-refractivity contribution is -0.136. The van der Waals surface area contributed by atoms with Gasteiger partial charge < -0.3 is 4.90 Å². The number of rotatable bonds is 5. The van der Waals surface area contributed by atoms with Crippen molar-refractivity contribution in [3.8, 4) is 0 Å². The van der Waals surface area contributed by atoms with E-state index < -0.39 is 9.84 Å². The molecule has 6 nitrogen and oxygen atoms in total. The Morgan fingerprint density at radius 1 is 1.50 bits per heavy atom. The van der Waals surface area contributed by atoms with Crippen molar-refractivity contribution in [3.05, 3.63) is 27.3 Å². The number of hydrogen-bond acceptors (Lipinski definition) is 7. The summed E-state index contributed by atoms with van der Waals surface area (Å²) in [5.41, 5.74) is 0. The second-order valence-corrected chi connectivity index (χ2v) is 10.9. The topological polar surface area (TPSA) is 74.8 Å². The van der Waals surface area contributed by atoms with Crippen molar-refractivity contribution in [2.45, 2.75) is 19.4 Å². The maximum atomic E-state index is 12.7. The Morgan fingerprint density at radius 3 is 2.85 bits per heavy atom. The Hall–Kier alpha value is -1.23. The van der Waals surface area contributed by atoms with E-state index in [-0.39, 0.29) is 35.9 Å². The van der Waals surface area contributed by atoms with Gasteiger partial charge in [0.05, 0.1) is 16.4 Å². The van der Waals surface area contributed by atoms with Crippen LogP contribution in [-0.4, -0.2) is 65.0 Å². The Labute approximate surface area is 166 Å². The summed E-state index contributed by atoms with van der Waals surface area (Å²) in [7, 11) is -3.08. The van der Waals surface area contributed by atoms with Gasteiger partial charge in [-0.1, -0.05) is 30.0 Å². The maximum absolute atomic E-state index is 12.7. The predicted molar refractivity (Wildman–Crippen MR) is 109 cm³/mol. The van der Waals surface area contributed by atoms with E-state index in [2.05, 4.69) is 0 Å². The van der Waals surface area contributed by atoms with Gasteiger partial charge in [0.2, 0.25) is 5.91 Å². The van der Waals surface area contributed by atoms with Gasteiger partial charge in [0.25, 0.3) is 5.91 Å². The highest BCUT2D eigenvalue weighted by atomic mass is 32.2. The Morgan fingerprint density at radius 2 is 2.27 bits per heavy atom. The Kier molecular flexibility index (Phi) is 5.85. The predicted octanol–water partition coefficient (Wildman–Crippen LogP) is 1.98. The van der Waals surface area contributed by atoms with Gasteiger partial charge in [-0.25, -0.2) is 8.42 Å². The van der Waals surface area contributed by atoms with E-state index in [9.17, 15) is 18.0 Å². The van der Waals surface area contributed by atoms with E-state index in [1.165, 1.54) is 28.0 Å². The van der Waals surface area contributed by atoms with Crippen molar-refractivity contribution < 1.29 is 18.0 Å². The first-order chi connectivity index (χ1) is 12.3. The number of sulfone groups is 1. The van der Waals surface area contributed by atoms with E-state index in [4.69, 9.17) is 12.2 Å². The molecule has 2 fully saturated rings. The average Bonchev–Trinajstić information content (AvgIpc) is 3.26. The minimum absolute atomic E-state index is 0.0107. The van der Waals surface area contributed by atoms with E-state index in [1.807, 2.05) is 24.4 Å². The molecule has 0 bridgehead atoms. The zero-order valence-corrected chi connectivity index (χ0v) is 17.3. The molecule has 0 saturated carbocycles. The minimum atomic E-state index is -3.08. The van der Waals surface area contributed by atoms with Gasteiger partial charge in [0, 0.05) is 17.5 Å². The molecular weight excluding hydrogens is 412 g/mol. The van der Waals surface area contributed by atoms with Crippen molar-refractivity contribution >= 4 is 67.4 Å². The number of hydrogen-bond donors (Lipinski definition) is 0. The summed E-state index contributed by atoms with van der Waals surface area (Å²) in [6.07, 6.45) is 2.22. The first-order valence-electron chi connectivity index (χ1n) is 8.09. The Balaban J connectivity index is 1.70. The van der Waals surface area contributed by atoms with E-state index in [0.29, 0.717) is 22.2 Å². The normalized spacial score (nSPS) is 23.8. The Bertz CT molecular complexity index is 861. The molecule has 0 spiro atoms. The van der Waals surface area contributed by atoms with Crippen LogP contribution in [0.5, 0.6) is 0 Å². The molecule has 2 aliphatic rings. The van der Waals surface area contributed by atoms with Crippen LogP contribution in [0.15, 0.2) is 22.4 Å². The van der Waals surface area contributed by atoms with Gasteiger partial charge in [0.15, 0.2) is 9.84 Å². The van der Waals surface area contributed by atoms with Crippen LogP contribution in [0.25, 0.3) is 6.08 Å². The second-order valence-electron chi connectivity index (χ2n) is 6.02. The molecular formula is C16H18N2O4S4. The van der Waals surface area contributed by atoms with Gasteiger partial charge in [-0.15, -0.1) is 11.3 Å². The molecule has 2 saturated heterocycles. The van der Waals surface area contributed by atoms with Crippen LogP contribution >= 0.6 is 35.3 Å². The number of nitrogens with zero attached hydrogens (tertiary/aromatic N) is 2. The number of carbonyl (C=O) groups excluding carboxylic acids is 2. The minimum Gasteiger partial charge on any atom is -0.337 e. The van der Waals surface area contributed by atoms with Gasteiger partial charge in [-0.3, -0.25) is 14.5 Å². The summed E-state index contributed by atoms with van der Waals surface area (Å²) >= 11 is 7.97. The van der Waals surface area contributed by atoms with Crippen molar-refractivity contribution in [2.24, 2.45) is 0 Å².